The standard InChI is InChI=1S/C22H28FN3O/c1-2-3-13-25-15-12-24-20(25)17-7-6-14-26(16-17)21(27)22(10-11-22)18-8-4-5-9-19(18)23/h4-5,8-9,12,15,17H,2-3,6-7,10-11,13-14,16H2,1H3/t17-/m1/s1. The number of amides is 1. The maximum Gasteiger partial charge on any atom is 0.233 e. The minimum absolute atomic E-state index is 0.101. The number of hydrogen-bond donors (Lipinski definition) is 0. The first kappa shape index (κ1) is 18.2. The van der Waals surface area contributed by atoms with Gasteiger partial charge in [-0.15, -0.1) is 0 Å². The van der Waals surface area contributed by atoms with Gasteiger partial charge in [-0.25, -0.2) is 9.37 Å². The number of halogens is 1. The van der Waals surface area contributed by atoms with Gasteiger partial charge in [0.25, 0.3) is 0 Å². The molecule has 0 spiro atoms. The van der Waals surface area contributed by atoms with Gasteiger partial charge in [-0.05, 0) is 38.2 Å². The number of benzene rings is 1. The third-order valence-electron chi connectivity index (χ3n) is 6.12. The van der Waals surface area contributed by atoms with Crippen LogP contribution in [0.2, 0.25) is 0 Å². The highest BCUT2D eigenvalue weighted by atomic mass is 19.1. The number of aromatic nitrogens is 2. The lowest BCUT2D eigenvalue weighted by Gasteiger charge is -2.35. The van der Waals surface area contributed by atoms with Crippen LogP contribution in [0.5, 0.6) is 0 Å². The van der Waals surface area contributed by atoms with Gasteiger partial charge >= 0.3 is 0 Å². The van der Waals surface area contributed by atoms with Gasteiger partial charge in [0, 0.05) is 43.5 Å². The molecule has 2 fully saturated rings. The number of carbonyl (C=O) groups excluding carboxylic acids is 1. The van der Waals surface area contributed by atoms with Crippen molar-refractivity contribution in [1.82, 2.24) is 14.5 Å². The zero-order chi connectivity index (χ0) is 18.9. The Kier molecular flexibility index (Phi) is 5.02. The third-order valence-corrected chi connectivity index (χ3v) is 6.12. The van der Waals surface area contributed by atoms with Crippen molar-refractivity contribution in [3.05, 3.63) is 53.9 Å². The molecule has 2 heterocycles. The molecule has 0 radical (unpaired) electrons. The van der Waals surface area contributed by atoms with Crippen LogP contribution in [-0.2, 0) is 16.8 Å². The lowest BCUT2D eigenvalue weighted by Crippen LogP contribution is -2.45. The molecular weight excluding hydrogens is 341 g/mol. The highest BCUT2D eigenvalue weighted by Gasteiger charge is 2.54. The van der Waals surface area contributed by atoms with Crippen LogP contribution in [-0.4, -0.2) is 33.4 Å². The van der Waals surface area contributed by atoms with Crippen LogP contribution in [0.3, 0.4) is 0 Å². The SMILES string of the molecule is CCCCn1ccnc1[C@@H]1CCCN(C(=O)C2(c3ccccc3F)CC2)C1. The Balaban J connectivity index is 1.51. The largest absolute Gasteiger partial charge is 0.341 e. The predicted molar refractivity (Wildman–Crippen MR) is 103 cm³/mol. The van der Waals surface area contributed by atoms with Crippen molar-refractivity contribution in [2.24, 2.45) is 0 Å². The molecule has 4 rings (SSSR count). The molecule has 4 nitrogen and oxygen atoms in total. The summed E-state index contributed by atoms with van der Waals surface area (Å²) in [5, 5.41) is 0. The van der Waals surface area contributed by atoms with E-state index in [4.69, 9.17) is 0 Å². The van der Waals surface area contributed by atoms with Gasteiger partial charge in [-0.1, -0.05) is 31.5 Å². The number of aryl methyl sites for hydroxylation is 1. The summed E-state index contributed by atoms with van der Waals surface area (Å²) in [7, 11) is 0. The first-order chi connectivity index (χ1) is 13.2. The monoisotopic (exact) mass is 369 g/mol. The van der Waals surface area contributed by atoms with E-state index in [0.717, 1.165) is 57.4 Å². The first-order valence-electron chi connectivity index (χ1n) is 10.2. The van der Waals surface area contributed by atoms with Crippen LogP contribution in [0.25, 0.3) is 0 Å². The van der Waals surface area contributed by atoms with Gasteiger partial charge in [0.15, 0.2) is 0 Å². The Morgan fingerprint density at radius 3 is 2.89 bits per heavy atom. The second kappa shape index (κ2) is 7.45. The highest BCUT2D eigenvalue weighted by molar-refractivity contribution is 5.91. The Morgan fingerprint density at radius 1 is 1.33 bits per heavy atom. The number of rotatable bonds is 6. The predicted octanol–water partition coefficient (Wildman–Crippen LogP) is 4.26. The van der Waals surface area contributed by atoms with Crippen LogP contribution in [0.15, 0.2) is 36.7 Å². The molecule has 144 valence electrons. The molecule has 2 aliphatic rings. The Bertz CT molecular complexity index is 811. The Morgan fingerprint density at radius 2 is 2.15 bits per heavy atom. The fourth-order valence-corrected chi connectivity index (χ4v) is 4.45. The van der Waals surface area contributed by atoms with E-state index >= 15 is 0 Å². The number of nitrogens with zero attached hydrogens (tertiary/aromatic N) is 3. The molecule has 0 unspecified atom stereocenters. The third kappa shape index (κ3) is 3.40. The smallest absolute Gasteiger partial charge is 0.233 e. The van der Waals surface area contributed by atoms with Gasteiger partial charge in [0.05, 0.1) is 5.41 Å². The minimum atomic E-state index is -0.634. The van der Waals surface area contributed by atoms with Crippen molar-refractivity contribution in [2.75, 3.05) is 13.1 Å². The summed E-state index contributed by atoms with van der Waals surface area (Å²) >= 11 is 0. The zero-order valence-electron chi connectivity index (χ0n) is 16.0. The fraction of sp³-hybridized carbons (Fsp3) is 0.545. The number of imidazole rings is 1. The van der Waals surface area contributed by atoms with Crippen LogP contribution < -0.4 is 0 Å². The average molecular weight is 369 g/mol. The summed E-state index contributed by atoms with van der Waals surface area (Å²) in [4.78, 5) is 19.9. The Hall–Kier alpha value is -2.17. The second-order valence-electron chi connectivity index (χ2n) is 7.98. The summed E-state index contributed by atoms with van der Waals surface area (Å²) in [5.41, 5.74) is -0.0632. The molecule has 0 bridgehead atoms. The van der Waals surface area contributed by atoms with Crippen molar-refractivity contribution in [3.8, 4) is 0 Å². The molecular formula is C22H28FN3O. The Labute approximate surface area is 160 Å². The van der Waals surface area contributed by atoms with Gasteiger partial charge in [-0.2, -0.15) is 0 Å². The van der Waals surface area contributed by atoms with Crippen LogP contribution in [0.1, 0.15) is 62.8 Å². The van der Waals surface area contributed by atoms with E-state index < -0.39 is 5.41 Å². The molecule has 0 N–H and O–H groups in total. The maximum absolute atomic E-state index is 14.3. The number of carbonyl (C=O) groups is 1. The van der Waals surface area contributed by atoms with E-state index in [2.05, 4.69) is 16.5 Å². The van der Waals surface area contributed by atoms with Crippen LogP contribution >= 0.6 is 0 Å². The first-order valence-corrected chi connectivity index (χ1v) is 10.2. The molecule has 1 saturated carbocycles. The lowest BCUT2D eigenvalue weighted by atomic mass is 9.90. The van der Waals surface area contributed by atoms with Gasteiger partial charge in [0.2, 0.25) is 5.91 Å². The van der Waals surface area contributed by atoms with Crippen molar-refractivity contribution in [3.63, 3.8) is 0 Å². The topological polar surface area (TPSA) is 38.1 Å². The number of unbranched alkanes of at least 4 members (excludes halogenated alkanes) is 1. The fourth-order valence-electron chi connectivity index (χ4n) is 4.45. The quantitative estimate of drug-likeness (QED) is 0.763. The summed E-state index contributed by atoms with van der Waals surface area (Å²) in [6.07, 6.45) is 9.73. The molecule has 1 atom stereocenters. The van der Waals surface area contributed by atoms with E-state index in [9.17, 15) is 9.18 Å². The molecule has 1 aliphatic heterocycles. The number of piperidine rings is 1. The molecule has 1 aromatic carbocycles. The number of hydrogen-bond acceptors (Lipinski definition) is 2. The van der Waals surface area contributed by atoms with E-state index in [1.54, 1.807) is 12.1 Å². The van der Waals surface area contributed by atoms with Gasteiger partial charge < -0.3 is 9.47 Å². The molecule has 1 aliphatic carbocycles. The molecule has 5 heteroatoms. The van der Waals surface area contributed by atoms with E-state index in [1.807, 2.05) is 23.4 Å². The molecule has 1 amide bonds. The maximum atomic E-state index is 14.3. The number of likely N-dealkylation sites (tertiary alicyclic amines) is 1. The van der Waals surface area contributed by atoms with Crippen molar-refractivity contribution in [1.29, 1.82) is 0 Å². The summed E-state index contributed by atoms with van der Waals surface area (Å²) < 4.78 is 16.6. The summed E-state index contributed by atoms with van der Waals surface area (Å²) in [6, 6.07) is 6.76. The second-order valence-corrected chi connectivity index (χ2v) is 7.98. The van der Waals surface area contributed by atoms with Crippen molar-refractivity contribution >= 4 is 5.91 Å². The molecule has 2 aromatic rings. The van der Waals surface area contributed by atoms with Crippen LogP contribution in [0, 0.1) is 5.82 Å². The normalized spacial score (nSPS) is 21.3. The van der Waals surface area contributed by atoms with E-state index in [0.29, 0.717) is 12.1 Å². The highest BCUT2D eigenvalue weighted by Crippen LogP contribution is 2.51. The zero-order valence-corrected chi connectivity index (χ0v) is 16.0. The molecule has 1 aromatic heterocycles. The van der Waals surface area contributed by atoms with Gasteiger partial charge in [-0.3, -0.25) is 4.79 Å². The summed E-state index contributed by atoms with van der Waals surface area (Å²) in [5.74, 6) is 1.21. The molecule has 27 heavy (non-hydrogen) atoms. The molecule has 1 saturated heterocycles. The van der Waals surface area contributed by atoms with Crippen molar-refractivity contribution < 1.29 is 9.18 Å². The van der Waals surface area contributed by atoms with Gasteiger partial charge in [0.1, 0.15) is 11.6 Å². The van der Waals surface area contributed by atoms with E-state index in [1.165, 1.54) is 6.07 Å². The summed E-state index contributed by atoms with van der Waals surface area (Å²) in [6.45, 7) is 4.63. The van der Waals surface area contributed by atoms with Crippen molar-refractivity contribution in [2.45, 2.75) is 63.3 Å². The minimum Gasteiger partial charge on any atom is -0.341 e. The van der Waals surface area contributed by atoms with Crippen LogP contribution in [0.4, 0.5) is 4.39 Å². The average Bonchev–Trinajstić information content (AvgIpc) is 3.36. The lowest BCUT2D eigenvalue weighted by molar-refractivity contribution is -0.135. The van der Waals surface area contributed by atoms with E-state index in [-0.39, 0.29) is 17.6 Å².